The molecule has 1 aliphatic heterocycles. The molecule has 5 nitrogen and oxygen atoms in total. The standard InChI is InChI=1S/C12H21NO4/c1-8-5-9(6-10(14)15)13(7-8)11(16)17-12(2,3)4/h8-9H,5-7H2,1-4H3,(H,14,15)/t8-,9-/m0/s1. The number of ether oxygens (including phenoxy) is 1. The van der Waals surface area contributed by atoms with Crippen LogP contribution in [0.4, 0.5) is 4.79 Å². The highest BCUT2D eigenvalue weighted by atomic mass is 16.6. The van der Waals surface area contributed by atoms with E-state index in [4.69, 9.17) is 9.84 Å². The minimum absolute atomic E-state index is 0.0103. The Balaban J connectivity index is 2.66. The van der Waals surface area contributed by atoms with Crippen molar-refractivity contribution in [3.8, 4) is 0 Å². The van der Waals surface area contributed by atoms with Crippen LogP contribution in [-0.2, 0) is 9.53 Å². The summed E-state index contributed by atoms with van der Waals surface area (Å²) in [7, 11) is 0. The SMILES string of the molecule is C[C@H]1C[C@@H](CC(=O)O)N(C(=O)OC(C)(C)C)C1. The number of rotatable bonds is 2. The molecule has 1 saturated heterocycles. The van der Waals surface area contributed by atoms with Gasteiger partial charge in [0.2, 0.25) is 0 Å². The van der Waals surface area contributed by atoms with E-state index in [9.17, 15) is 9.59 Å². The topological polar surface area (TPSA) is 66.8 Å². The van der Waals surface area contributed by atoms with Crippen LogP contribution in [0.25, 0.3) is 0 Å². The summed E-state index contributed by atoms with van der Waals surface area (Å²) in [4.78, 5) is 24.2. The number of hydrogen-bond donors (Lipinski definition) is 1. The van der Waals surface area contributed by atoms with Gasteiger partial charge in [0, 0.05) is 12.6 Å². The van der Waals surface area contributed by atoms with Crippen molar-refractivity contribution in [1.82, 2.24) is 4.90 Å². The molecule has 0 radical (unpaired) electrons. The lowest BCUT2D eigenvalue weighted by molar-refractivity contribution is -0.138. The Labute approximate surface area is 102 Å². The quantitative estimate of drug-likeness (QED) is 0.806. The minimum atomic E-state index is -0.877. The van der Waals surface area contributed by atoms with E-state index in [0.29, 0.717) is 12.5 Å². The molecule has 1 amide bonds. The Hall–Kier alpha value is -1.26. The molecular weight excluding hydrogens is 222 g/mol. The Morgan fingerprint density at radius 2 is 2.00 bits per heavy atom. The van der Waals surface area contributed by atoms with Gasteiger partial charge in [0.15, 0.2) is 0 Å². The summed E-state index contributed by atoms with van der Waals surface area (Å²) < 4.78 is 5.28. The van der Waals surface area contributed by atoms with Crippen LogP contribution in [0.5, 0.6) is 0 Å². The number of nitrogens with zero attached hydrogens (tertiary/aromatic N) is 1. The molecule has 5 heteroatoms. The summed E-state index contributed by atoms with van der Waals surface area (Å²) >= 11 is 0. The van der Waals surface area contributed by atoms with E-state index in [1.807, 2.05) is 6.92 Å². The van der Waals surface area contributed by atoms with Gasteiger partial charge in [-0.3, -0.25) is 4.79 Å². The fourth-order valence-electron chi connectivity index (χ4n) is 2.09. The maximum absolute atomic E-state index is 11.9. The summed E-state index contributed by atoms with van der Waals surface area (Å²) in [5.41, 5.74) is -0.545. The number of carboxylic acid groups (broad SMARTS) is 1. The van der Waals surface area contributed by atoms with Gasteiger partial charge in [0.05, 0.1) is 6.42 Å². The summed E-state index contributed by atoms with van der Waals surface area (Å²) in [6, 6.07) is -0.239. The molecule has 0 spiro atoms. The van der Waals surface area contributed by atoms with Crippen LogP contribution in [0.1, 0.15) is 40.5 Å². The molecule has 1 fully saturated rings. The normalized spacial score (nSPS) is 24.8. The highest BCUT2D eigenvalue weighted by Gasteiger charge is 2.36. The van der Waals surface area contributed by atoms with Crippen molar-refractivity contribution < 1.29 is 19.4 Å². The summed E-state index contributed by atoms with van der Waals surface area (Å²) in [5.74, 6) is -0.551. The number of carbonyl (C=O) groups is 2. The molecule has 0 aromatic carbocycles. The summed E-state index contributed by atoms with van der Waals surface area (Å²) in [6.45, 7) is 8.00. The van der Waals surface area contributed by atoms with Crippen molar-refractivity contribution in [3.05, 3.63) is 0 Å². The lowest BCUT2D eigenvalue weighted by Gasteiger charge is -2.27. The molecule has 0 unspecified atom stereocenters. The third kappa shape index (κ3) is 4.24. The van der Waals surface area contributed by atoms with Gasteiger partial charge in [0.25, 0.3) is 0 Å². The van der Waals surface area contributed by atoms with Crippen molar-refractivity contribution in [2.75, 3.05) is 6.54 Å². The first-order valence-corrected chi connectivity index (χ1v) is 5.90. The molecule has 1 rings (SSSR count). The predicted octanol–water partition coefficient (Wildman–Crippen LogP) is 2.11. The van der Waals surface area contributed by atoms with Crippen LogP contribution in [0.2, 0.25) is 0 Å². The molecular formula is C12H21NO4. The van der Waals surface area contributed by atoms with E-state index < -0.39 is 17.7 Å². The third-order valence-electron chi connectivity index (χ3n) is 2.66. The number of hydrogen-bond acceptors (Lipinski definition) is 3. The van der Waals surface area contributed by atoms with Crippen molar-refractivity contribution in [2.45, 2.75) is 52.2 Å². The van der Waals surface area contributed by atoms with Crippen LogP contribution in [0, 0.1) is 5.92 Å². The second kappa shape index (κ2) is 4.94. The van der Waals surface area contributed by atoms with Gasteiger partial charge >= 0.3 is 12.1 Å². The predicted molar refractivity (Wildman–Crippen MR) is 62.8 cm³/mol. The zero-order chi connectivity index (χ0) is 13.2. The largest absolute Gasteiger partial charge is 0.481 e. The van der Waals surface area contributed by atoms with Gasteiger partial charge in [0.1, 0.15) is 5.60 Å². The average Bonchev–Trinajstić information content (AvgIpc) is 2.42. The number of carbonyl (C=O) groups excluding carboxylic acids is 1. The van der Waals surface area contributed by atoms with Crippen molar-refractivity contribution in [1.29, 1.82) is 0 Å². The third-order valence-corrected chi connectivity index (χ3v) is 2.66. The minimum Gasteiger partial charge on any atom is -0.481 e. The second-order valence-corrected chi connectivity index (χ2v) is 5.73. The average molecular weight is 243 g/mol. The van der Waals surface area contributed by atoms with E-state index in [-0.39, 0.29) is 12.5 Å². The van der Waals surface area contributed by atoms with Gasteiger partial charge in [-0.25, -0.2) is 4.79 Å². The monoisotopic (exact) mass is 243 g/mol. The molecule has 1 aliphatic rings. The summed E-state index contributed by atoms with van der Waals surface area (Å²) in [5, 5.41) is 8.81. The number of carboxylic acids is 1. The maximum atomic E-state index is 11.9. The van der Waals surface area contributed by atoms with Crippen LogP contribution in [0.15, 0.2) is 0 Å². The molecule has 0 aromatic rings. The second-order valence-electron chi connectivity index (χ2n) is 5.73. The Morgan fingerprint density at radius 1 is 1.41 bits per heavy atom. The number of likely N-dealkylation sites (tertiary alicyclic amines) is 1. The van der Waals surface area contributed by atoms with Gasteiger partial charge in [-0.2, -0.15) is 0 Å². The highest BCUT2D eigenvalue weighted by molar-refractivity contribution is 5.72. The van der Waals surface area contributed by atoms with E-state index in [0.717, 1.165) is 6.42 Å². The lowest BCUT2D eigenvalue weighted by atomic mass is 10.1. The van der Waals surface area contributed by atoms with Crippen LogP contribution in [-0.4, -0.2) is 40.3 Å². The first-order chi connectivity index (χ1) is 7.69. The van der Waals surface area contributed by atoms with Crippen molar-refractivity contribution in [3.63, 3.8) is 0 Å². The lowest BCUT2D eigenvalue weighted by Crippen LogP contribution is -2.40. The van der Waals surface area contributed by atoms with Crippen molar-refractivity contribution >= 4 is 12.1 Å². The van der Waals surface area contributed by atoms with E-state index in [1.54, 1.807) is 25.7 Å². The molecule has 1 N–H and O–H groups in total. The fourth-order valence-corrected chi connectivity index (χ4v) is 2.09. The van der Waals surface area contributed by atoms with Crippen LogP contribution < -0.4 is 0 Å². The fraction of sp³-hybridized carbons (Fsp3) is 0.833. The Morgan fingerprint density at radius 3 is 2.47 bits per heavy atom. The molecule has 0 bridgehead atoms. The highest BCUT2D eigenvalue weighted by Crippen LogP contribution is 2.26. The van der Waals surface area contributed by atoms with E-state index in [1.165, 1.54) is 0 Å². The number of aliphatic carboxylic acids is 1. The molecule has 0 aromatic heterocycles. The first kappa shape index (κ1) is 13.8. The van der Waals surface area contributed by atoms with Gasteiger partial charge < -0.3 is 14.7 Å². The van der Waals surface area contributed by atoms with Gasteiger partial charge in [-0.1, -0.05) is 6.92 Å². The maximum Gasteiger partial charge on any atom is 0.410 e. The molecule has 2 atom stereocenters. The Bertz CT molecular complexity index is 308. The molecule has 1 heterocycles. The van der Waals surface area contributed by atoms with Gasteiger partial charge in [-0.05, 0) is 33.1 Å². The number of amides is 1. The zero-order valence-electron chi connectivity index (χ0n) is 10.9. The van der Waals surface area contributed by atoms with Crippen LogP contribution >= 0.6 is 0 Å². The first-order valence-electron chi connectivity index (χ1n) is 5.90. The molecule has 98 valence electrons. The summed E-state index contributed by atoms with van der Waals surface area (Å²) in [6.07, 6.45) is 0.308. The molecule has 17 heavy (non-hydrogen) atoms. The van der Waals surface area contributed by atoms with E-state index >= 15 is 0 Å². The van der Waals surface area contributed by atoms with Gasteiger partial charge in [-0.15, -0.1) is 0 Å². The van der Waals surface area contributed by atoms with Crippen molar-refractivity contribution in [2.24, 2.45) is 5.92 Å². The van der Waals surface area contributed by atoms with E-state index in [2.05, 4.69) is 0 Å². The zero-order valence-corrected chi connectivity index (χ0v) is 10.9. The Kier molecular flexibility index (Phi) is 4.01. The van der Waals surface area contributed by atoms with Crippen LogP contribution in [0.3, 0.4) is 0 Å². The smallest absolute Gasteiger partial charge is 0.410 e. The molecule has 0 saturated carbocycles. The molecule has 0 aliphatic carbocycles.